The molecule has 1 aromatic carbocycles. The van der Waals surface area contributed by atoms with Gasteiger partial charge in [0.1, 0.15) is 11.9 Å². The Morgan fingerprint density at radius 2 is 2.13 bits per heavy atom. The number of carbonyl (C=O) groups is 2. The zero-order valence-electron chi connectivity index (χ0n) is 20.2. The number of aliphatic imine (C=N–C) groups is 1. The Morgan fingerprint density at radius 1 is 1.34 bits per heavy atom. The van der Waals surface area contributed by atoms with Gasteiger partial charge in [0.15, 0.2) is 10.8 Å². The van der Waals surface area contributed by atoms with E-state index >= 15 is 8.78 Å². The molecule has 38 heavy (non-hydrogen) atoms. The fourth-order valence-electron chi connectivity index (χ4n) is 5.70. The normalized spacial score (nSPS) is 26.6. The number of carboxylic acid groups (broad SMARTS) is 1. The van der Waals surface area contributed by atoms with Crippen LogP contribution in [0.15, 0.2) is 46.0 Å². The molecule has 0 radical (unpaired) electrons. The number of carboxylic acids is 1. The lowest BCUT2D eigenvalue weighted by Crippen LogP contribution is -2.50. The van der Waals surface area contributed by atoms with Gasteiger partial charge in [-0.05, 0) is 24.8 Å². The number of aliphatic carboxylic acids is 1. The number of hydrogen-bond acceptors (Lipinski definition) is 8. The van der Waals surface area contributed by atoms with Gasteiger partial charge in [0.2, 0.25) is 0 Å². The molecule has 2 N–H and O–H groups in total. The van der Waals surface area contributed by atoms with E-state index in [1.807, 2.05) is 0 Å². The predicted octanol–water partition coefficient (Wildman–Crippen LogP) is 4.42. The van der Waals surface area contributed by atoms with E-state index in [4.69, 9.17) is 16.3 Å². The Hall–Kier alpha value is -2.96. The molecule has 4 heterocycles. The van der Waals surface area contributed by atoms with Crippen molar-refractivity contribution < 1.29 is 32.6 Å². The average Bonchev–Trinajstić information content (AvgIpc) is 3.44. The molecule has 4 unspecified atom stereocenters. The summed E-state index contributed by atoms with van der Waals surface area (Å²) >= 11 is 7.57. The quantitative estimate of drug-likeness (QED) is 0.477. The van der Waals surface area contributed by atoms with E-state index in [2.05, 4.69) is 15.3 Å². The monoisotopic (exact) mass is 568 g/mol. The lowest BCUT2D eigenvalue weighted by atomic mass is 9.87. The molecule has 2 fully saturated rings. The Kier molecular flexibility index (Phi) is 7.23. The van der Waals surface area contributed by atoms with Gasteiger partial charge in [0.05, 0.1) is 23.7 Å². The molecule has 0 saturated carbocycles. The number of alkyl halides is 2. The summed E-state index contributed by atoms with van der Waals surface area (Å²) in [5.41, 5.74) is 0.510. The molecule has 2 bridgehead atoms. The van der Waals surface area contributed by atoms with Crippen molar-refractivity contribution in [3.63, 3.8) is 0 Å². The van der Waals surface area contributed by atoms with E-state index in [0.717, 1.165) is 0 Å². The van der Waals surface area contributed by atoms with Gasteiger partial charge in [-0.1, -0.05) is 23.7 Å². The molecule has 5 rings (SSSR count). The van der Waals surface area contributed by atoms with Crippen molar-refractivity contribution in [2.24, 2.45) is 10.9 Å². The summed E-state index contributed by atoms with van der Waals surface area (Å²) < 4.78 is 49.6. The number of amidine groups is 1. The van der Waals surface area contributed by atoms with Crippen LogP contribution in [0, 0.1) is 11.7 Å². The number of nitrogens with zero attached hydrogens (tertiary/aromatic N) is 3. The van der Waals surface area contributed by atoms with Crippen molar-refractivity contribution in [3.8, 4) is 0 Å². The summed E-state index contributed by atoms with van der Waals surface area (Å²) in [4.78, 5) is 34.9. The maximum atomic E-state index is 15.1. The second-order valence-corrected chi connectivity index (χ2v) is 10.9. The molecule has 3 aliphatic rings. The maximum absolute atomic E-state index is 15.1. The lowest BCUT2D eigenvalue weighted by Gasteiger charge is -2.40. The number of carbonyl (C=O) groups excluding carboxylic acids is 1. The van der Waals surface area contributed by atoms with E-state index in [1.165, 1.54) is 30.6 Å². The van der Waals surface area contributed by atoms with Gasteiger partial charge in [-0.25, -0.2) is 22.9 Å². The number of rotatable bonds is 7. The van der Waals surface area contributed by atoms with Crippen molar-refractivity contribution in [1.29, 1.82) is 0 Å². The SMILES string of the molecule is COC(=O)C1=C(CN2C3CC(CC(=O)O)CC2C(F)(F)C3)NC(c2nccs2)=NC1c1cccc(F)c1Cl. The summed E-state index contributed by atoms with van der Waals surface area (Å²) in [7, 11) is 1.19. The van der Waals surface area contributed by atoms with Crippen LogP contribution in [0.2, 0.25) is 5.02 Å². The first-order valence-electron chi connectivity index (χ1n) is 11.9. The molecule has 2 saturated heterocycles. The van der Waals surface area contributed by atoms with Crippen molar-refractivity contribution in [1.82, 2.24) is 15.2 Å². The average molecular weight is 569 g/mol. The van der Waals surface area contributed by atoms with E-state index in [9.17, 15) is 19.1 Å². The number of hydrogen-bond donors (Lipinski definition) is 2. The summed E-state index contributed by atoms with van der Waals surface area (Å²) in [6, 6.07) is 1.31. The molecule has 4 atom stereocenters. The highest BCUT2D eigenvalue weighted by molar-refractivity contribution is 7.11. The number of halogens is 4. The molecule has 0 amide bonds. The smallest absolute Gasteiger partial charge is 0.338 e. The Bertz CT molecular complexity index is 1320. The zero-order chi connectivity index (χ0) is 27.2. The number of esters is 1. The molecule has 2 aromatic rings. The second-order valence-electron chi connectivity index (χ2n) is 9.61. The molecule has 3 aliphatic heterocycles. The van der Waals surface area contributed by atoms with Crippen LogP contribution < -0.4 is 5.32 Å². The van der Waals surface area contributed by atoms with Crippen molar-refractivity contribution in [3.05, 3.63) is 62.5 Å². The molecular formula is C25H24ClF3N4O4S. The first-order chi connectivity index (χ1) is 18.1. The highest BCUT2D eigenvalue weighted by atomic mass is 35.5. The fourth-order valence-corrected chi connectivity index (χ4v) is 6.52. The Morgan fingerprint density at radius 3 is 2.79 bits per heavy atom. The van der Waals surface area contributed by atoms with Gasteiger partial charge in [0, 0.05) is 48.3 Å². The third-order valence-corrected chi connectivity index (χ3v) is 8.45. The molecule has 13 heteroatoms. The van der Waals surface area contributed by atoms with Crippen LogP contribution in [0.25, 0.3) is 0 Å². The summed E-state index contributed by atoms with van der Waals surface area (Å²) in [6.45, 7) is -0.0804. The Balaban J connectivity index is 1.58. The highest BCUT2D eigenvalue weighted by Crippen LogP contribution is 2.49. The number of benzene rings is 1. The number of aromatic nitrogens is 1. The highest BCUT2D eigenvalue weighted by Gasteiger charge is 2.57. The number of thiazole rings is 1. The van der Waals surface area contributed by atoms with Gasteiger partial charge in [-0.15, -0.1) is 11.3 Å². The van der Waals surface area contributed by atoms with Crippen LogP contribution in [-0.2, 0) is 14.3 Å². The largest absolute Gasteiger partial charge is 0.481 e. The van der Waals surface area contributed by atoms with Crippen molar-refractivity contribution in [2.75, 3.05) is 13.7 Å². The minimum atomic E-state index is -3.02. The number of ether oxygens (including phenoxy) is 1. The van der Waals surface area contributed by atoms with Gasteiger partial charge < -0.3 is 15.2 Å². The van der Waals surface area contributed by atoms with Crippen LogP contribution >= 0.6 is 22.9 Å². The molecule has 1 aromatic heterocycles. The van der Waals surface area contributed by atoms with Gasteiger partial charge in [0.25, 0.3) is 5.92 Å². The van der Waals surface area contributed by atoms with E-state index in [-0.39, 0.29) is 53.0 Å². The van der Waals surface area contributed by atoms with Gasteiger partial charge in [-0.2, -0.15) is 0 Å². The van der Waals surface area contributed by atoms with E-state index in [0.29, 0.717) is 11.4 Å². The van der Waals surface area contributed by atoms with E-state index in [1.54, 1.807) is 22.5 Å². The van der Waals surface area contributed by atoms with Crippen molar-refractivity contribution >= 4 is 40.7 Å². The fraction of sp³-hybridized carbons (Fsp3) is 0.440. The van der Waals surface area contributed by atoms with Crippen LogP contribution in [0.1, 0.15) is 42.3 Å². The molecular weight excluding hydrogens is 545 g/mol. The van der Waals surface area contributed by atoms with Gasteiger partial charge in [-0.3, -0.25) is 14.7 Å². The summed E-state index contributed by atoms with van der Waals surface area (Å²) in [5, 5.41) is 14.3. The third-order valence-electron chi connectivity index (χ3n) is 7.27. The third kappa shape index (κ3) is 4.92. The van der Waals surface area contributed by atoms with Crippen LogP contribution in [0.3, 0.4) is 0 Å². The van der Waals surface area contributed by atoms with Gasteiger partial charge >= 0.3 is 11.9 Å². The predicted molar refractivity (Wildman–Crippen MR) is 134 cm³/mol. The van der Waals surface area contributed by atoms with Crippen LogP contribution in [0.4, 0.5) is 13.2 Å². The number of fused-ring (bicyclic) bond motifs is 2. The molecule has 8 nitrogen and oxygen atoms in total. The number of methoxy groups -OCH3 is 1. The van der Waals surface area contributed by atoms with Crippen LogP contribution in [-0.4, -0.2) is 64.4 Å². The standard InChI is InChI=1S/C25H24ClF3N4O4S/c1-37-24(36)19-16(11-33-13-7-12(9-18(34)35)8-17(33)25(28,29)10-13)31-22(23-30-5-6-38-23)32-21(19)14-3-2-4-15(27)20(14)26/h2-6,12-13,17,21H,7-11H2,1H3,(H,31,32)(H,34,35). The lowest BCUT2D eigenvalue weighted by molar-refractivity contribution is -0.139. The van der Waals surface area contributed by atoms with Crippen molar-refractivity contribution in [2.45, 2.75) is 49.7 Å². The molecule has 0 aliphatic carbocycles. The molecule has 202 valence electrons. The minimum Gasteiger partial charge on any atom is -0.481 e. The number of piperidine rings is 1. The first-order valence-corrected chi connectivity index (χ1v) is 13.2. The summed E-state index contributed by atoms with van der Waals surface area (Å²) in [5.74, 6) is -5.58. The second kappa shape index (κ2) is 10.3. The summed E-state index contributed by atoms with van der Waals surface area (Å²) in [6.07, 6.45) is 1.31. The zero-order valence-corrected chi connectivity index (χ0v) is 21.7. The van der Waals surface area contributed by atoms with E-state index < -0.39 is 48.2 Å². The number of nitrogens with one attached hydrogen (secondary N) is 1. The molecule has 0 spiro atoms. The Labute approximate surface area is 225 Å². The van der Waals surface area contributed by atoms with Crippen LogP contribution in [0.5, 0.6) is 0 Å². The maximum Gasteiger partial charge on any atom is 0.338 e. The minimum absolute atomic E-state index is 0.0171. The first kappa shape index (κ1) is 26.6. The topological polar surface area (TPSA) is 104 Å².